The number of alkyl halides is 1. The molecule has 0 fully saturated rings. The normalized spacial score (nSPS) is 14.1. The summed E-state index contributed by atoms with van der Waals surface area (Å²) in [5.41, 5.74) is 0.270. The first kappa shape index (κ1) is 13.0. The summed E-state index contributed by atoms with van der Waals surface area (Å²) in [6, 6.07) is 4.74. The lowest BCUT2D eigenvalue weighted by Crippen LogP contribution is -2.40. The van der Waals surface area contributed by atoms with Crippen LogP contribution in [0, 0.1) is 5.41 Å². The van der Waals surface area contributed by atoms with Gasteiger partial charge in [-0.05, 0) is 23.3 Å². The fourth-order valence-electron chi connectivity index (χ4n) is 1.59. The molecule has 1 aromatic heterocycles. The molecule has 86 valence electrons. The highest BCUT2D eigenvalue weighted by Crippen LogP contribution is 2.23. The van der Waals surface area contributed by atoms with Crippen molar-refractivity contribution < 1.29 is 0 Å². The van der Waals surface area contributed by atoms with E-state index < -0.39 is 0 Å². The van der Waals surface area contributed by atoms with E-state index in [1.54, 1.807) is 11.3 Å². The van der Waals surface area contributed by atoms with E-state index in [1.165, 1.54) is 4.88 Å². The molecule has 1 N–H and O–H groups in total. The molecule has 0 amide bonds. The molecule has 0 aliphatic carbocycles. The Morgan fingerprint density at radius 3 is 2.67 bits per heavy atom. The molecule has 0 spiro atoms. The second-order valence-electron chi connectivity index (χ2n) is 4.86. The van der Waals surface area contributed by atoms with Gasteiger partial charge in [0, 0.05) is 23.3 Å². The molecule has 1 rings (SSSR count). The average Bonchev–Trinajstić information content (AvgIpc) is 2.62. The molecule has 0 radical (unpaired) electrons. The summed E-state index contributed by atoms with van der Waals surface area (Å²) < 4.78 is 0. The van der Waals surface area contributed by atoms with Crippen molar-refractivity contribution in [1.82, 2.24) is 5.32 Å². The van der Waals surface area contributed by atoms with Crippen molar-refractivity contribution in [2.45, 2.75) is 39.8 Å². The first-order valence-electron chi connectivity index (χ1n) is 5.36. The quantitative estimate of drug-likeness (QED) is 0.777. The smallest absolute Gasteiger partial charge is 0.0302 e. The zero-order chi connectivity index (χ0) is 11.3. The maximum absolute atomic E-state index is 5.83. The zero-order valence-electron chi connectivity index (χ0n) is 9.72. The van der Waals surface area contributed by atoms with Gasteiger partial charge in [0.2, 0.25) is 0 Å². The number of rotatable bonds is 5. The summed E-state index contributed by atoms with van der Waals surface area (Å²) in [5, 5.41) is 5.70. The number of hydrogen-bond donors (Lipinski definition) is 1. The predicted molar refractivity (Wildman–Crippen MR) is 69.7 cm³/mol. The van der Waals surface area contributed by atoms with Crippen LogP contribution in [0.1, 0.15) is 32.1 Å². The highest BCUT2D eigenvalue weighted by atomic mass is 35.5. The maximum atomic E-state index is 5.83. The van der Waals surface area contributed by atoms with E-state index in [-0.39, 0.29) is 5.41 Å². The number of nitrogens with one attached hydrogen (secondary N) is 1. The van der Waals surface area contributed by atoms with Crippen LogP contribution in [-0.4, -0.2) is 11.9 Å². The monoisotopic (exact) mass is 245 g/mol. The minimum Gasteiger partial charge on any atom is -0.309 e. The fourth-order valence-corrected chi connectivity index (χ4v) is 2.46. The van der Waals surface area contributed by atoms with E-state index >= 15 is 0 Å². The van der Waals surface area contributed by atoms with Crippen molar-refractivity contribution in [3.63, 3.8) is 0 Å². The minimum absolute atomic E-state index is 0.270. The third-order valence-corrected chi connectivity index (χ3v) is 3.64. The van der Waals surface area contributed by atoms with Gasteiger partial charge in [-0.3, -0.25) is 0 Å². The lowest BCUT2D eigenvalue weighted by atomic mass is 9.85. The molecule has 1 aromatic rings. The van der Waals surface area contributed by atoms with Gasteiger partial charge in [-0.1, -0.05) is 26.8 Å². The molecule has 0 saturated carbocycles. The van der Waals surface area contributed by atoms with Crippen LogP contribution >= 0.6 is 22.9 Å². The molecule has 0 aliphatic rings. The van der Waals surface area contributed by atoms with Crippen LogP contribution in [-0.2, 0) is 6.54 Å². The second-order valence-corrected chi connectivity index (χ2v) is 6.27. The van der Waals surface area contributed by atoms with Crippen LogP contribution < -0.4 is 5.32 Å². The van der Waals surface area contributed by atoms with Gasteiger partial charge in [-0.25, -0.2) is 0 Å². The third kappa shape index (κ3) is 4.54. The highest BCUT2D eigenvalue weighted by molar-refractivity contribution is 7.09. The van der Waals surface area contributed by atoms with E-state index in [1.807, 2.05) is 0 Å². The van der Waals surface area contributed by atoms with Crippen molar-refractivity contribution in [2.75, 3.05) is 5.88 Å². The highest BCUT2D eigenvalue weighted by Gasteiger charge is 2.23. The van der Waals surface area contributed by atoms with Gasteiger partial charge in [0.05, 0.1) is 0 Å². The third-order valence-electron chi connectivity index (χ3n) is 2.55. The lowest BCUT2D eigenvalue weighted by molar-refractivity contribution is 0.261. The number of halogens is 1. The minimum atomic E-state index is 0.270. The topological polar surface area (TPSA) is 12.0 Å². The summed E-state index contributed by atoms with van der Waals surface area (Å²) in [6.45, 7) is 7.72. The number of hydrogen-bond acceptors (Lipinski definition) is 2. The van der Waals surface area contributed by atoms with Crippen molar-refractivity contribution in [2.24, 2.45) is 5.41 Å². The van der Waals surface area contributed by atoms with Crippen LogP contribution in [0.3, 0.4) is 0 Å². The number of thiophene rings is 1. The Labute approximate surface area is 102 Å². The average molecular weight is 246 g/mol. The van der Waals surface area contributed by atoms with Crippen LogP contribution in [0.4, 0.5) is 0 Å². The molecule has 1 heterocycles. The molecule has 15 heavy (non-hydrogen) atoms. The van der Waals surface area contributed by atoms with Crippen molar-refractivity contribution in [1.29, 1.82) is 0 Å². The van der Waals surface area contributed by atoms with Crippen LogP contribution in [0.2, 0.25) is 0 Å². The van der Waals surface area contributed by atoms with Gasteiger partial charge in [0.25, 0.3) is 0 Å². The van der Waals surface area contributed by atoms with Crippen LogP contribution in [0.25, 0.3) is 0 Å². The Morgan fingerprint density at radius 2 is 2.20 bits per heavy atom. The summed E-state index contributed by atoms with van der Waals surface area (Å²) in [7, 11) is 0. The van der Waals surface area contributed by atoms with E-state index in [0.717, 1.165) is 18.8 Å². The molecular weight excluding hydrogens is 226 g/mol. The van der Waals surface area contributed by atoms with Gasteiger partial charge in [0.15, 0.2) is 0 Å². The fraction of sp³-hybridized carbons (Fsp3) is 0.667. The molecule has 1 unspecified atom stereocenters. The molecular formula is C12H20ClNS. The SMILES string of the molecule is CC(C)(C)C(CCCl)NCc1cccs1. The standard InChI is InChI=1S/C12H20ClNS/c1-12(2,3)11(6-7-13)14-9-10-5-4-8-15-10/h4-5,8,11,14H,6-7,9H2,1-3H3. The van der Waals surface area contributed by atoms with E-state index in [0.29, 0.717) is 6.04 Å². The molecule has 3 heteroatoms. The summed E-state index contributed by atoms with van der Waals surface area (Å²) in [5.74, 6) is 0.722. The Morgan fingerprint density at radius 1 is 1.47 bits per heavy atom. The van der Waals surface area contributed by atoms with Crippen LogP contribution in [0.5, 0.6) is 0 Å². The van der Waals surface area contributed by atoms with Gasteiger partial charge in [-0.2, -0.15) is 0 Å². The Balaban J connectivity index is 2.45. The van der Waals surface area contributed by atoms with Crippen LogP contribution in [0.15, 0.2) is 17.5 Å². The van der Waals surface area contributed by atoms with Gasteiger partial charge < -0.3 is 5.32 Å². The predicted octanol–water partition coefficient (Wildman–Crippen LogP) is 3.88. The maximum Gasteiger partial charge on any atom is 0.0302 e. The molecule has 1 nitrogen and oxygen atoms in total. The Hall–Kier alpha value is -0.0500. The first-order chi connectivity index (χ1) is 7.04. The van der Waals surface area contributed by atoms with Crippen molar-refractivity contribution in [3.05, 3.63) is 22.4 Å². The van der Waals surface area contributed by atoms with E-state index in [4.69, 9.17) is 11.6 Å². The Kier molecular flexibility index (Phi) is 5.10. The zero-order valence-corrected chi connectivity index (χ0v) is 11.3. The first-order valence-corrected chi connectivity index (χ1v) is 6.77. The second kappa shape index (κ2) is 5.88. The summed E-state index contributed by atoms with van der Waals surface area (Å²) in [4.78, 5) is 1.39. The largest absolute Gasteiger partial charge is 0.309 e. The molecule has 0 saturated heterocycles. The molecule has 0 bridgehead atoms. The Bertz CT molecular complexity index is 264. The lowest BCUT2D eigenvalue weighted by Gasteiger charge is -2.31. The van der Waals surface area contributed by atoms with E-state index in [2.05, 4.69) is 43.6 Å². The summed E-state index contributed by atoms with van der Waals surface area (Å²) >= 11 is 7.62. The molecule has 0 aliphatic heterocycles. The van der Waals surface area contributed by atoms with Gasteiger partial charge in [-0.15, -0.1) is 22.9 Å². The molecule has 0 aromatic carbocycles. The summed E-state index contributed by atoms with van der Waals surface area (Å²) in [6.07, 6.45) is 1.02. The molecule has 1 atom stereocenters. The van der Waals surface area contributed by atoms with Crippen molar-refractivity contribution >= 4 is 22.9 Å². The van der Waals surface area contributed by atoms with E-state index in [9.17, 15) is 0 Å². The van der Waals surface area contributed by atoms with Crippen molar-refractivity contribution in [3.8, 4) is 0 Å². The van der Waals surface area contributed by atoms with Gasteiger partial charge >= 0.3 is 0 Å². The van der Waals surface area contributed by atoms with Gasteiger partial charge in [0.1, 0.15) is 0 Å².